The van der Waals surface area contributed by atoms with Crippen molar-refractivity contribution in [2.45, 2.75) is 32.3 Å². The van der Waals surface area contributed by atoms with Crippen LogP contribution in [0.15, 0.2) is 24.3 Å². The number of benzene rings is 1. The Morgan fingerprint density at radius 2 is 2.12 bits per heavy atom. The molecule has 0 saturated heterocycles. The van der Waals surface area contributed by atoms with Gasteiger partial charge in [0.2, 0.25) is 0 Å². The topological polar surface area (TPSA) is 46.5 Å². The lowest BCUT2D eigenvalue weighted by Crippen LogP contribution is -2.31. The molecule has 0 radical (unpaired) electrons. The molecule has 1 aromatic carbocycles. The van der Waals surface area contributed by atoms with E-state index in [4.69, 9.17) is 4.74 Å². The lowest BCUT2D eigenvalue weighted by atomic mass is 9.93. The van der Waals surface area contributed by atoms with Gasteiger partial charge in [-0.1, -0.05) is 18.2 Å². The van der Waals surface area contributed by atoms with E-state index in [1.165, 1.54) is 13.0 Å². The minimum Gasteiger partial charge on any atom is -0.466 e. The van der Waals surface area contributed by atoms with Crippen LogP contribution >= 0.6 is 0 Å². The first kappa shape index (κ1) is 13.6. The molecule has 0 aliphatic heterocycles. The first-order valence-corrected chi connectivity index (χ1v) is 5.56. The Bertz CT molecular complexity index is 388. The summed E-state index contributed by atoms with van der Waals surface area (Å²) in [6.45, 7) is 3.47. The number of ether oxygens (including phenoxy) is 1. The van der Waals surface area contributed by atoms with E-state index in [1.807, 2.05) is 0 Å². The summed E-state index contributed by atoms with van der Waals surface area (Å²) in [5.41, 5.74) is -0.907. The normalized spacial score (nSPS) is 14.1. The number of esters is 1. The maximum Gasteiger partial charge on any atom is 0.308 e. The van der Waals surface area contributed by atoms with Gasteiger partial charge in [0.1, 0.15) is 5.82 Å². The van der Waals surface area contributed by atoms with Gasteiger partial charge < -0.3 is 9.84 Å². The lowest BCUT2D eigenvalue weighted by Gasteiger charge is -2.22. The van der Waals surface area contributed by atoms with Gasteiger partial charge in [-0.2, -0.15) is 0 Å². The SMILES string of the molecule is CCOC(=O)CC(C)(O)Cc1ccccc1F. The Labute approximate surface area is 100 Å². The Morgan fingerprint density at radius 1 is 1.47 bits per heavy atom. The van der Waals surface area contributed by atoms with Crippen LogP contribution in [-0.4, -0.2) is 23.3 Å². The fourth-order valence-corrected chi connectivity index (χ4v) is 1.64. The van der Waals surface area contributed by atoms with Gasteiger partial charge in [0.05, 0.1) is 18.6 Å². The molecule has 1 unspecified atom stereocenters. The van der Waals surface area contributed by atoms with Gasteiger partial charge in [-0.15, -0.1) is 0 Å². The summed E-state index contributed by atoms with van der Waals surface area (Å²) in [7, 11) is 0. The maximum atomic E-state index is 13.4. The highest BCUT2D eigenvalue weighted by Gasteiger charge is 2.26. The van der Waals surface area contributed by atoms with Crippen LogP contribution in [0, 0.1) is 5.82 Å². The summed E-state index contributed by atoms with van der Waals surface area (Å²) >= 11 is 0. The second kappa shape index (κ2) is 5.77. The van der Waals surface area contributed by atoms with Gasteiger partial charge in [-0.3, -0.25) is 4.79 Å². The molecule has 3 nitrogen and oxygen atoms in total. The molecule has 1 rings (SSSR count). The van der Waals surface area contributed by atoms with Gasteiger partial charge >= 0.3 is 5.97 Å². The van der Waals surface area contributed by atoms with Crippen LogP contribution in [0.1, 0.15) is 25.8 Å². The van der Waals surface area contributed by atoms with Crippen molar-refractivity contribution in [3.8, 4) is 0 Å². The summed E-state index contributed by atoms with van der Waals surface area (Å²) in [6.07, 6.45) is -0.0618. The van der Waals surface area contributed by atoms with Gasteiger partial charge in [-0.25, -0.2) is 4.39 Å². The minimum absolute atomic E-state index is 0.0818. The lowest BCUT2D eigenvalue weighted by molar-refractivity contribution is -0.148. The molecule has 0 aliphatic carbocycles. The van der Waals surface area contributed by atoms with Crippen LogP contribution in [-0.2, 0) is 16.0 Å². The molecule has 17 heavy (non-hydrogen) atoms. The van der Waals surface area contributed by atoms with Crippen LogP contribution in [0.2, 0.25) is 0 Å². The molecular weight excluding hydrogens is 223 g/mol. The molecule has 0 saturated carbocycles. The van der Waals surface area contributed by atoms with Crippen molar-refractivity contribution in [3.63, 3.8) is 0 Å². The monoisotopic (exact) mass is 240 g/mol. The molecule has 0 aliphatic rings. The van der Waals surface area contributed by atoms with E-state index in [0.29, 0.717) is 5.56 Å². The molecule has 94 valence electrons. The third-order valence-corrected chi connectivity index (χ3v) is 2.36. The van der Waals surface area contributed by atoms with E-state index < -0.39 is 11.6 Å². The van der Waals surface area contributed by atoms with E-state index in [1.54, 1.807) is 25.1 Å². The predicted molar refractivity (Wildman–Crippen MR) is 62.0 cm³/mol. The van der Waals surface area contributed by atoms with Crippen LogP contribution in [0.5, 0.6) is 0 Å². The number of aliphatic hydroxyl groups is 1. The number of hydrogen-bond acceptors (Lipinski definition) is 3. The van der Waals surface area contributed by atoms with Crippen molar-refractivity contribution in [3.05, 3.63) is 35.6 Å². The highest BCUT2D eigenvalue weighted by Crippen LogP contribution is 2.19. The van der Waals surface area contributed by atoms with Crippen LogP contribution in [0.25, 0.3) is 0 Å². The third kappa shape index (κ3) is 4.53. The highest BCUT2D eigenvalue weighted by atomic mass is 19.1. The molecule has 0 aromatic heterocycles. The van der Waals surface area contributed by atoms with Crippen molar-refractivity contribution >= 4 is 5.97 Å². The molecule has 0 spiro atoms. The average molecular weight is 240 g/mol. The summed E-state index contributed by atoms with van der Waals surface area (Å²) in [4.78, 5) is 11.3. The van der Waals surface area contributed by atoms with Crippen molar-refractivity contribution < 1.29 is 19.0 Å². The standard InChI is InChI=1S/C13H17FO3/c1-3-17-12(15)9-13(2,16)8-10-6-4-5-7-11(10)14/h4-7,16H,3,8-9H2,1-2H3. The summed E-state index contributed by atoms with van der Waals surface area (Å²) in [6, 6.07) is 6.20. The molecule has 1 atom stereocenters. The Morgan fingerprint density at radius 3 is 2.71 bits per heavy atom. The zero-order valence-electron chi connectivity index (χ0n) is 10.1. The molecule has 0 heterocycles. The van der Waals surface area contributed by atoms with Crippen molar-refractivity contribution in [2.75, 3.05) is 6.61 Å². The largest absolute Gasteiger partial charge is 0.466 e. The van der Waals surface area contributed by atoms with E-state index in [-0.39, 0.29) is 25.3 Å². The maximum absolute atomic E-state index is 13.4. The second-order valence-electron chi connectivity index (χ2n) is 4.25. The zero-order chi connectivity index (χ0) is 12.9. The molecule has 4 heteroatoms. The Hall–Kier alpha value is -1.42. The zero-order valence-corrected chi connectivity index (χ0v) is 10.1. The third-order valence-electron chi connectivity index (χ3n) is 2.36. The fraction of sp³-hybridized carbons (Fsp3) is 0.462. The van der Waals surface area contributed by atoms with E-state index in [2.05, 4.69) is 0 Å². The van der Waals surface area contributed by atoms with Crippen molar-refractivity contribution in [2.24, 2.45) is 0 Å². The van der Waals surface area contributed by atoms with E-state index >= 15 is 0 Å². The fourth-order valence-electron chi connectivity index (χ4n) is 1.64. The minimum atomic E-state index is -1.30. The number of carbonyl (C=O) groups excluding carboxylic acids is 1. The number of carbonyl (C=O) groups is 1. The van der Waals surface area contributed by atoms with Crippen molar-refractivity contribution in [1.82, 2.24) is 0 Å². The molecule has 1 aromatic rings. The van der Waals surface area contributed by atoms with Crippen LogP contribution in [0.3, 0.4) is 0 Å². The molecule has 1 N–H and O–H groups in total. The predicted octanol–water partition coefficient (Wildman–Crippen LogP) is 2.07. The van der Waals surface area contributed by atoms with Gasteiger partial charge in [0, 0.05) is 6.42 Å². The van der Waals surface area contributed by atoms with Crippen molar-refractivity contribution in [1.29, 1.82) is 0 Å². The second-order valence-corrected chi connectivity index (χ2v) is 4.25. The van der Waals surface area contributed by atoms with Crippen LogP contribution in [0.4, 0.5) is 4.39 Å². The van der Waals surface area contributed by atoms with Gasteiger partial charge in [0.15, 0.2) is 0 Å². The molecule has 0 bridgehead atoms. The smallest absolute Gasteiger partial charge is 0.308 e. The number of rotatable bonds is 5. The van der Waals surface area contributed by atoms with Crippen LogP contribution < -0.4 is 0 Å². The molecule has 0 amide bonds. The van der Waals surface area contributed by atoms with Gasteiger partial charge in [0.25, 0.3) is 0 Å². The summed E-state index contributed by atoms with van der Waals surface area (Å²) in [5, 5.41) is 10.0. The quantitative estimate of drug-likeness (QED) is 0.801. The van der Waals surface area contributed by atoms with E-state index in [9.17, 15) is 14.3 Å². The Kier molecular flexibility index (Phi) is 4.63. The molecule has 0 fully saturated rings. The summed E-state index contributed by atoms with van der Waals surface area (Å²) < 4.78 is 18.1. The highest BCUT2D eigenvalue weighted by molar-refractivity contribution is 5.70. The van der Waals surface area contributed by atoms with Gasteiger partial charge in [-0.05, 0) is 25.5 Å². The first-order valence-electron chi connectivity index (χ1n) is 5.56. The average Bonchev–Trinajstić information content (AvgIpc) is 2.20. The van der Waals surface area contributed by atoms with E-state index in [0.717, 1.165) is 0 Å². The molecular formula is C13H17FO3. The summed E-state index contributed by atoms with van der Waals surface area (Å²) in [5.74, 6) is -0.856. The number of hydrogen-bond donors (Lipinski definition) is 1. The Balaban J connectivity index is 2.66. The first-order chi connectivity index (χ1) is 7.94. The number of halogens is 1.